The fourth-order valence-corrected chi connectivity index (χ4v) is 0.164. The molecule has 1 nitrogen and oxygen atoms in total. The molecule has 0 aromatic carbocycles. The van der Waals surface area contributed by atoms with Crippen LogP contribution in [-0.2, 0) is 4.79 Å². The summed E-state index contributed by atoms with van der Waals surface area (Å²) in [4.78, 5) is 10.0. The Hall–Kier alpha value is 0.150. The van der Waals surface area contributed by atoms with Crippen LogP contribution in [0.5, 0.6) is 0 Å². The Morgan fingerprint density at radius 1 is 1.71 bits per heavy atom. The number of carbonyl (C=O) groups excluding carboxylic acids is 1. The van der Waals surface area contributed by atoms with Gasteiger partial charge in [0.15, 0.2) is 0 Å². The van der Waals surface area contributed by atoms with E-state index < -0.39 is 0 Å². The molecule has 0 spiro atoms. The minimum atomic E-state index is -0.181. The van der Waals surface area contributed by atoms with E-state index >= 15 is 0 Å². The van der Waals surface area contributed by atoms with Gasteiger partial charge in [0.2, 0.25) is 0 Å². The Labute approximate surface area is 52.2 Å². The minimum absolute atomic E-state index is 0.181. The summed E-state index contributed by atoms with van der Waals surface area (Å²) < 4.78 is 0. The Morgan fingerprint density at radius 2 is 2.14 bits per heavy atom. The normalized spacial score (nSPS) is 11.3. The third kappa shape index (κ3) is 2.80. The van der Waals surface area contributed by atoms with Gasteiger partial charge in [0.1, 0.15) is 6.29 Å². The first kappa shape index (κ1) is 7.15. The third-order valence-electron chi connectivity index (χ3n) is 0.663. The second kappa shape index (κ2) is 2.46. The fourth-order valence-electron chi connectivity index (χ4n) is 0.0315. The van der Waals surface area contributed by atoms with E-state index in [0.717, 1.165) is 11.6 Å². The summed E-state index contributed by atoms with van der Waals surface area (Å²) in [6.45, 7) is 3.77. The summed E-state index contributed by atoms with van der Waals surface area (Å²) in [6, 6.07) is 0. The number of halogens is 1. The first-order chi connectivity index (χ1) is 3.12. The zero-order valence-electron chi connectivity index (χ0n) is 4.57. The van der Waals surface area contributed by atoms with E-state index in [0.29, 0.717) is 0 Å². The minimum Gasteiger partial charge on any atom is -0.303 e. The lowest BCUT2D eigenvalue weighted by Crippen LogP contribution is -2.13. The van der Waals surface area contributed by atoms with E-state index in [9.17, 15) is 4.79 Å². The van der Waals surface area contributed by atoms with E-state index in [1.165, 1.54) is 0 Å². The van der Waals surface area contributed by atoms with Gasteiger partial charge < -0.3 is 4.79 Å². The van der Waals surface area contributed by atoms with Crippen molar-refractivity contribution < 1.29 is 4.79 Å². The van der Waals surface area contributed by atoms with Crippen LogP contribution in [0.15, 0.2) is 0 Å². The van der Waals surface area contributed by atoms with Crippen molar-refractivity contribution in [2.24, 2.45) is 5.41 Å². The topological polar surface area (TPSA) is 17.1 Å². The lowest BCUT2D eigenvalue weighted by molar-refractivity contribution is -0.113. The molecule has 0 aliphatic heterocycles. The maximum Gasteiger partial charge on any atom is 0.126 e. The summed E-state index contributed by atoms with van der Waals surface area (Å²) >= 11 is 3.20. The van der Waals surface area contributed by atoms with E-state index in [-0.39, 0.29) is 5.41 Å². The highest BCUT2D eigenvalue weighted by atomic mass is 79.9. The number of aldehydes is 1. The standard InChI is InChI=1S/C5H9BrO/c1-5(2,3-6)4-7/h4H,3H2,1-2H3. The molecule has 0 radical (unpaired) electrons. The van der Waals surface area contributed by atoms with Crippen LogP contribution < -0.4 is 0 Å². The number of rotatable bonds is 2. The van der Waals surface area contributed by atoms with Crippen molar-refractivity contribution >= 4 is 22.2 Å². The van der Waals surface area contributed by atoms with Gasteiger partial charge in [-0.2, -0.15) is 0 Å². The van der Waals surface area contributed by atoms with Gasteiger partial charge in [0, 0.05) is 10.7 Å². The van der Waals surface area contributed by atoms with E-state index in [2.05, 4.69) is 15.9 Å². The molecule has 42 valence electrons. The summed E-state index contributed by atoms with van der Waals surface area (Å²) in [6.07, 6.45) is 0.946. The van der Waals surface area contributed by atoms with Crippen molar-refractivity contribution in [1.29, 1.82) is 0 Å². The van der Waals surface area contributed by atoms with Crippen molar-refractivity contribution in [3.63, 3.8) is 0 Å². The Morgan fingerprint density at radius 3 is 2.14 bits per heavy atom. The van der Waals surface area contributed by atoms with Crippen molar-refractivity contribution in [3.8, 4) is 0 Å². The van der Waals surface area contributed by atoms with Gasteiger partial charge in [-0.1, -0.05) is 29.8 Å². The van der Waals surface area contributed by atoms with Crippen molar-refractivity contribution in [3.05, 3.63) is 0 Å². The highest BCUT2D eigenvalue weighted by molar-refractivity contribution is 9.09. The molecule has 0 rings (SSSR count). The SMILES string of the molecule is CC(C)(C=O)CBr. The van der Waals surface area contributed by atoms with Crippen LogP contribution >= 0.6 is 15.9 Å². The quantitative estimate of drug-likeness (QED) is 0.448. The molecule has 2 heteroatoms. The maximum absolute atomic E-state index is 10.0. The monoisotopic (exact) mass is 164 g/mol. The van der Waals surface area contributed by atoms with Gasteiger partial charge in [-0.05, 0) is 0 Å². The third-order valence-corrected chi connectivity index (χ3v) is 2.11. The summed E-state index contributed by atoms with van der Waals surface area (Å²) in [7, 11) is 0. The summed E-state index contributed by atoms with van der Waals surface area (Å²) in [5, 5.41) is 0.740. The zero-order valence-corrected chi connectivity index (χ0v) is 6.16. The van der Waals surface area contributed by atoms with Gasteiger partial charge in [-0.15, -0.1) is 0 Å². The molecule has 0 fully saturated rings. The van der Waals surface area contributed by atoms with Crippen LogP contribution in [0.3, 0.4) is 0 Å². The van der Waals surface area contributed by atoms with Gasteiger partial charge in [0.25, 0.3) is 0 Å². The fraction of sp³-hybridized carbons (Fsp3) is 0.800. The molecule has 0 atom stereocenters. The maximum atomic E-state index is 10.0. The first-order valence-corrected chi connectivity index (χ1v) is 3.27. The number of carbonyl (C=O) groups is 1. The average molecular weight is 165 g/mol. The molecule has 0 heterocycles. The van der Waals surface area contributed by atoms with E-state index in [4.69, 9.17) is 0 Å². The van der Waals surface area contributed by atoms with Crippen LogP contribution in [0.1, 0.15) is 13.8 Å². The molecule has 7 heavy (non-hydrogen) atoms. The van der Waals surface area contributed by atoms with Gasteiger partial charge in [0.05, 0.1) is 0 Å². The molecule has 0 amide bonds. The average Bonchev–Trinajstić information content (AvgIpc) is 1.68. The molecular formula is C5H9BrO. The van der Waals surface area contributed by atoms with Gasteiger partial charge in [-0.3, -0.25) is 0 Å². The predicted molar refractivity (Wildman–Crippen MR) is 33.6 cm³/mol. The van der Waals surface area contributed by atoms with Crippen molar-refractivity contribution in [2.45, 2.75) is 13.8 Å². The largest absolute Gasteiger partial charge is 0.303 e. The van der Waals surface area contributed by atoms with Crippen LogP contribution in [0.4, 0.5) is 0 Å². The van der Waals surface area contributed by atoms with Crippen molar-refractivity contribution in [1.82, 2.24) is 0 Å². The molecule has 0 aliphatic carbocycles. The van der Waals surface area contributed by atoms with Gasteiger partial charge >= 0.3 is 0 Å². The number of hydrogen-bond donors (Lipinski definition) is 0. The molecule has 0 unspecified atom stereocenters. The highest BCUT2D eigenvalue weighted by Crippen LogP contribution is 2.12. The molecule has 0 saturated heterocycles. The van der Waals surface area contributed by atoms with E-state index in [1.54, 1.807) is 0 Å². The second-order valence-electron chi connectivity index (χ2n) is 2.24. The molecule has 0 aromatic heterocycles. The molecule has 0 aliphatic rings. The molecular weight excluding hydrogens is 156 g/mol. The lowest BCUT2D eigenvalue weighted by Gasteiger charge is -2.09. The first-order valence-electron chi connectivity index (χ1n) is 2.15. The zero-order chi connectivity index (χ0) is 5.91. The Kier molecular flexibility index (Phi) is 2.51. The van der Waals surface area contributed by atoms with Crippen LogP contribution in [0.25, 0.3) is 0 Å². The van der Waals surface area contributed by atoms with Crippen LogP contribution in [-0.4, -0.2) is 11.6 Å². The van der Waals surface area contributed by atoms with E-state index in [1.807, 2.05) is 13.8 Å². The highest BCUT2D eigenvalue weighted by Gasteiger charge is 2.12. The number of hydrogen-bond acceptors (Lipinski definition) is 1. The molecule has 0 bridgehead atoms. The molecule has 0 aromatic rings. The smallest absolute Gasteiger partial charge is 0.126 e. The van der Waals surface area contributed by atoms with Crippen LogP contribution in [0, 0.1) is 5.41 Å². The lowest BCUT2D eigenvalue weighted by atomic mass is 10.00. The Balaban J connectivity index is 3.58. The second-order valence-corrected chi connectivity index (χ2v) is 2.80. The van der Waals surface area contributed by atoms with Crippen molar-refractivity contribution in [2.75, 3.05) is 5.33 Å². The summed E-state index contributed by atoms with van der Waals surface area (Å²) in [5.74, 6) is 0. The number of alkyl halides is 1. The Bertz CT molecular complexity index is 68.5. The summed E-state index contributed by atoms with van der Waals surface area (Å²) in [5.41, 5.74) is -0.181. The molecule has 0 N–H and O–H groups in total. The predicted octanol–water partition coefficient (Wildman–Crippen LogP) is 1.61. The van der Waals surface area contributed by atoms with Crippen LogP contribution in [0.2, 0.25) is 0 Å². The molecule has 0 saturated carbocycles. The van der Waals surface area contributed by atoms with Gasteiger partial charge in [-0.25, -0.2) is 0 Å².